The Balaban J connectivity index is 1.81. The predicted octanol–water partition coefficient (Wildman–Crippen LogP) is 2.53. The molecule has 2 N–H and O–H groups in total. The van der Waals surface area contributed by atoms with Crippen LogP contribution in [0.2, 0.25) is 0 Å². The molecule has 0 aliphatic carbocycles. The summed E-state index contributed by atoms with van der Waals surface area (Å²) in [5, 5.41) is 7.39. The first-order chi connectivity index (χ1) is 7.74. The van der Waals surface area contributed by atoms with E-state index in [-0.39, 0.29) is 0 Å². The van der Waals surface area contributed by atoms with Gasteiger partial charge >= 0.3 is 0 Å². The number of furan rings is 1. The number of anilines is 1. The number of thiazole rings is 1. The quantitative estimate of drug-likeness (QED) is 0.823. The lowest BCUT2D eigenvalue weighted by molar-refractivity contribution is 0.503. The molecular formula is C10H11N3OS2. The second kappa shape index (κ2) is 5.09. The maximum atomic E-state index is 5.18. The SMILES string of the molecule is Cc1cnc(NC(=S)NCc2ccco2)s1. The molecule has 16 heavy (non-hydrogen) atoms. The highest BCUT2D eigenvalue weighted by Gasteiger charge is 2.02. The standard InChI is InChI=1S/C10H11N3OS2/c1-7-5-12-10(16-7)13-9(15)11-6-8-3-2-4-14-8/h2-5H,6H2,1H3,(H2,11,12,13,15). The molecule has 0 unspecified atom stereocenters. The van der Waals surface area contributed by atoms with E-state index in [1.54, 1.807) is 17.6 Å². The van der Waals surface area contributed by atoms with Crippen LogP contribution in [-0.2, 0) is 6.54 Å². The van der Waals surface area contributed by atoms with Crippen molar-refractivity contribution in [2.45, 2.75) is 13.5 Å². The number of thiocarbonyl (C=S) groups is 1. The Morgan fingerprint density at radius 1 is 1.62 bits per heavy atom. The van der Waals surface area contributed by atoms with Gasteiger partial charge in [0, 0.05) is 11.1 Å². The van der Waals surface area contributed by atoms with Crippen molar-refractivity contribution < 1.29 is 4.42 Å². The van der Waals surface area contributed by atoms with E-state index in [1.807, 2.05) is 25.3 Å². The van der Waals surface area contributed by atoms with E-state index in [0.717, 1.165) is 15.8 Å². The van der Waals surface area contributed by atoms with Crippen molar-refractivity contribution in [1.82, 2.24) is 10.3 Å². The summed E-state index contributed by atoms with van der Waals surface area (Å²) in [6, 6.07) is 3.74. The third kappa shape index (κ3) is 3.04. The van der Waals surface area contributed by atoms with E-state index in [1.165, 1.54) is 0 Å². The van der Waals surface area contributed by atoms with E-state index in [0.29, 0.717) is 11.7 Å². The minimum Gasteiger partial charge on any atom is -0.467 e. The van der Waals surface area contributed by atoms with Crippen molar-refractivity contribution in [2.24, 2.45) is 0 Å². The van der Waals surface area contributed by atoms with E-state index >= 15 is 0 Å². The number of aryl methyl sites for hydroxylation is 1. The van der Waals surface area contributed by atoms with E-state index in [4.69, 9.17) is 16.6 Å². The fraction of sp³-hybridized carbons (Fsp3) is 0.200. The number of hydrogen-bond acceptors (Lipinski definition) is 4. The van der Waals surface area contributed by atoms with Gasteiger partial charge in [-0.1, -0.05) is 0 Å². The Morgan fingerprint density at radius 3 is 3.12 bits per heavy atom. The lowest BCUT2D eigenvalue weighted by Gasteiger charge is -2.06. The number of aromatic nitrogens is 1. The van der Waals surface area contributed by atoms with Crippen LogP contribution in [0.4, 0.5) is 5.13 Å². The van der Waals surface area contributed by atoms with Gasteiger partial charge in [-0.15, -0.1) is 11.3 Å². The lowest BCUT2D eigenvalue weighted by Crippen LogP contribution is -2.27. The molecule has 4 nitrogen and oxygen atoms in total. The Hall–Kier alpha value is -1.40. The molecule has 0 fully saturated rings. The normalized spacial score (nSPS) is 10.1. The van der Waals surface area contributed by atoms with Crippen molar-refractivity contribution in [3.63, 3.8) is 0 Å². The highest BCUT2D eigenvalue weighted by Crippen LogP contribution is 2.16. The van der Waals surface area contributed by atoms with Crippen LogP contribution in [0.3, 0.4) is 0 Å². The van der Waals surface area contributed by atoms with E-state index in [9.17, 15) is 0 Å². The van der Waals surface area contributed by atoms with Gasteiger partial charge in [0.15, 0.2) is 10.2 Å². The summed E-state index contributed by atoms with van der Waals surface area (Å²) >= 11 is 6.69. The largest absolute Gasteiger partial charge is 0.467 e. The van der Waals surface area contributed by atoms with Crippen molar-refractivity contribution in [1.29, 1.82) is 0 Å². The highest BCUT2D eigenvalue weighted by atomic mass is 32.1. The molecule has 2 aromatic heterocycles. The van der Waals surface area contributed by atoms with Crippen molar-refractivity contribution in [3.05, 3.63) is 35.2 Å². The van der Waals surface area contributed by atoms with E-state index < -0.39 is 0 Å². The third-order valence-corrected chi connectivity index (χ3v) is 2.92. The first kappa shape index (κ1) is 11.1. The van der Waals surface area contributed by atoms with Gasteiger partial charge in [-0.05, 0) is 31.3 Å². The Bertz CT molecular complexity index is 464. The second-order valence-electron chi connectivity index (χ2n) is 3.16. The van der Waals surface area contributed by atoms with Gasteiger partial charge in [-0.2, -0.15) is 0 Å². The summed E-state index contributed by atoms with van der Waals surface area (Å²) in [4.78, 5) is 5.31. The maximum Gasteiger partial charge on any atom is 0.189 e. The van der Waals surface area contributed by atoms with Crippen LogP contribution >= 0.6 is 23.6 Å². The zero-order valence-electron chi connectivity index (χ0n) is 8.69. The maximum absolute atomic E-state index is 5.18. The van der Waals surface area contributed by atoms with Crippen LogP contribution in [0.5, 0.6) is 0 Å². The average Bonchev–Trinajstić information content (AvgIpc) is 2.87. The van der Waals surface area contributed by atoms with Gasteiger partial charge in [-0.3, -0.25) is 0 Å². The van der Waals surface area contributed by atoms with Gasteiger partial charge < -0.3 is 15.1 Å². The number of rotatable bonds is 3. The number of nitrogens with zero attached hydrogens (tertiary/aromatic N) is 1. The van der Waals surface area contributed by atoms with Crippen LogP contribution < -0.4 is 10.6 Å². The van der Waals surface area contributed by atoms with Crippen molar-refractivity contribution >= 4 is 33.8 Å². The molecule has 0 aliphatic heterocycles. The highest BCUT2D eigenvalue weighted by molar-refractivity contribution is 7.80. The molecule has 0 spiro atoms. The van der Waals surface area contributed by atoms with Gasteiger partial charge in [0.2, 0.25) is 0 Å². The van der Waals surface area contributed by atoms with Gasteiger partial charge in [0.05, 0.1) is 12.8 Å². The molecule has 0 saturated carbocycles. The zero-order chi connectivity index (χ0) is 11.4. The summed E-state index contributed by atoms with van der Waals surface area (Å²) in [6.07, 6.45) is 3.44. The molecule has 2 rings (SSSR count). The predicted molar refractivity (Wildman–Crippen MR) is 68.6 cm³/mol. The Kier molecular flexibility index (Phi) is 3.53. The zero-order valence-corrected chi connectivity index (χ0v) is 10.3. The van der Waals surface area contributed by atoms with Crippen LogP contribution in [0, 0.1) is 6.92 Å². The summed E-state index contributed by atoms with van der Waals surface area (Å²) in [5.74, 6) is 0.847. The molecule has 0 bridgehead atoms. The fourth-order valence-corrected chi connectivity index (χ4v) is 2.04. The van der Waals surface area contributed by atoms with Crippen LogP contribution in [0.25, 0.3) is 0 Å². The molecule has 0 aliphatic rings. The average molecular weight is 253 g/mol. The third-order valence-electron chi connectivity index (χ3n) is 1.85. The Labute approximate surface area is 103 Å². The lowest BCUT2D eigenvalue weighted by atomic mass is 10.4. The van der Waals surface area contributed by atoms with Crippen molar-refractivity contribution in [3.8, 4) is 0 Å². The summed E-state index contributed by atoms with van der Waals surface area (Å²) in [7, 11) is 0. The molecule has 0 amide bonds. The topological polar surface area (TPSA) is 50.1 Å². The van der Waals surface area contributed by atoms with Gasteiger partial charge in [0.1, 0.15) is 5.76 Å². The molecule has 0 aromatic carbocycles. The summed E-state index contributed by atoms with van der Waals surface area (Å²) in [5.41, 5.74) is 0. The molecule has 6 heteroatoms. The Morgan fingerprint density at radius 2 is 2.50 bits per heavy atom. The second-order valence-corrected chi connectivity index (χ2v) is 4.81. The van der Waals surface area contributed by atoms with Crippen LogP contribution in [0.15, 0.2) is 29.0 Å². The monoisotopic (exact) mass is 253 g/mol. The first-order valence-corrected chi connectivity index (χ1v) is 5.96. The smallest absolute Gasteiger partial charge is 0.189 e. The number of hydrogen-bond donors (Lipinski definition) is 2. The summed E-state index contributed by atoms with van der Waals surface area (Å²) in [6.45, 7) is 2.57. The molecule has 0 atom stereocenters. The molecule has 2 heterocycles. The van der Waals surface area contributed by atoms with Crippen molar-refractivity contribution in [2.75, 3.05) is 5.32 Å². The minimum atomic E-state index is 0.547. The molecular weight excluding hydrogens is 242 g/mol. The minimum absolute atomic E-state index is 0.547. The van der Waals surface area contributed by atoms with Crippen LogP contribution in [-0.4, -0.2) is 10.1 Å². The van der Waals surface area contributed by atoms with Gasteiger partial charge in [-0.25, -0.2) is 4.98 Å². The molecule has 2 aromatic rings. The molecule has 84 valence electrons. The first-order valence-electron chi connectivity index (χ1n) is 4.74. The summed E-state index contributed by atoms with van der Waals surface area (Å²) < 4.78 is 5.18. The van der Waals surface area contributed by atoms with Crippen LogP contribution in [0.1, 0.15) is 10.6 Å². The van der Waals surface area contributed by atoms with Gasteiger partial charge in [0.25, 0.3) is 0 Å². The molecule has 0 saturated heterocycles. The fourth-order valence-electron chi connectivity index (χ4n) is 1.13. The molecule has 0 radical (unpaired) electrons. The number of nitrogens with one attached hydrogen (secondary N) is 2. The van der Waals surface area contributed by atoms with E-state index in [2.05, 4.69) is 15.6 Å².